The molecule has 0 bridgehead atoms. The maximum Gasteiger partial charge on any atom is 0.325 e. The lowest BCUT2D eigenvalue weighted by Crippen LogP contribution is -2.50. The quantitative estimate of drug-likeness (QED) is 0.908. The molecule has 2 heterocycles. The van der Waals surface area contributed by atoms with Gasteiger partial charge >= 0.3 is 5.97 Å². The number of thiazole rings is 1. The van der Waals surface area contributed by atoms with Crippen LogP contribution in [0.1, 0.15) is 43.0 Å². The fraction of sp³-hybridized carbons (Fsp3) is 0.692. The van der Waals surface area contributed by atoms with Crippen molar-refractivity contribution in [2.75, 3.05) is 6.54 Å². The fourth-order valence-electron chi connectivity index (χ4n) is 3.37. The second-order valence-corrected chi connectivity index (χ2v) is 9.29. The van der Waals surface area contributed by atoms with E-state index in [2.05, 4.69) is 4.98 Å². The van der Waals surface area contributed by atoms with Crippen molar-refractivity contribution < 1.29 is 18.3 Å². The average Bonchev–Trinajstić information content (AvgIpc) is 3.35. The molecule has 2 aliphatic carbocycles. The Morgan fingerprint density at radius 2 is 2.19 bits per heavy atom. The van der Waals surface area contributed by atoms with Crippen molar-refractivity contribution in [3.8, 4) is 0 Å². The maximum atomic E-state index is 12.8. The van der Waals surface area contributed by atoms with Crippen LogP contribution in [-0.4, -0.2) is 40.9 Å². The number of aliphatic carboxylic acids is 1. The van der Waals surface area contributed by atoms with Crippen molar-refractivity contribution in [2.45, 2.75) is 47.8 Å². The van der Waals surface area contributed by atoms with Crippen LogP contribution in [-0.2, 0) is 14.8 Å². The predicted molar refractivity (Wildman–Crippen MR) is 75.7 cm³/mol. The van der Waals surface area contributed by atoms with Gasteiger partial charge in [0, 0.05) is 12.5 Å². The minimum absolute atomic E-state index is 0.0330. The Hall–Kier alpha value is -0.990. The van der Waals surface area contributed by atoms with Gasteiger partial charge in [0.05, 0.1) is 11.2 Å². The van der Waals surface area contributed by atoms with E-state index < -0.39 is 21.5 Å². The van der Waals surface area contributed by atoms with Crippen LogP contribution in [0.3, 0.4) is 0 Å². The average molecular weight is 328 g/mol. The largest absolute Gasteiger partial charge is 0.480 e. The van der Waals surface area contributed by atoms with Gasteiger partial charge in [0.1, 0.15) is 5.54 Å². The van der Waals surface area contributed by atoms with Gasteiger partial charge in [-0.25, -0.2) is 13.4 Å². The maximum absolute atomic E-state index is 12.8. The van der Waals surface area contributed by atoms with Crippen molar-refractivity contribution in [2.24, 2.45) is 5.92 Å². The number of hydrogen-bond acceptors (Lipinski definition) is 5. The topological polar surface area (TPSA) is 87.6 Å². The van der Waals surface area contributed by atoms with E-state index in [-0.39, 0.29) is 10.1 Å². The fourth-order valence-corrected chi connectivity index (χ4v) is 6.64. The number of piperidine rings is 1. The molecular formula is C13H16N2O4S2. The third kappa shape index (κ3) is 1.89. The summed E-state index contributed by atoms with van der Waals surface area (Å²) in [6.45, 7) is 0.293. The van der Waals surface area contributed by atoms with Crippen molar-refractivity contribution in [3.63, 3.8) is 0 Å². The standard InChI is InChI=1S/C13H16N2O4S2/c16-12(17)13-6-9(13)2-1-5-15(13)21(18,19)10-7-14-11(20-10)8-3-4-8/h7-9H,1-6H2,(H,16,17)/t9-,13+/m1/s1. The van der Waals surface area contributed by atoms with E-state index in [4.69, 9.17) is 0 Å². The molecule has 4 rings (SSSR count). The molecular weight excluding hydrogens is 312 g/mol. The summed E-state index contributed by atoms with van der Waals surface area (Å²) in [6.07, 6.45) is 5.50. The van der Waals surface area contributed by atoms with Gasteiger partial charge < -0.3 is 5.11 Å². The number of aromatic nitrogens is 1. The number of fused-ring (bicyclic) bond motifs is 1. The van der Waals surface area contributed by atoms with Gasteiger partial charge in [-0.05, 0) is 38.0 Å². The Labute approximate surface area is 126 Å². The van der Waals surface area contributed by atoms with E-state index in [0.717, 1.165) is 30.7 Å². The molecule has 0 spiro atoms. The monoisotopic (exact) mass is 328 g/mol. The molecule has 1 aromatic rings. The van der Waals surface area contributed by atoms with Crippen LogP contribution in [0.25, 0.3) is 0 Å². The molecule has 8 heteroatoms. The molecule has 21 heavy (non-hydrogen) atoms. The van der Waals surface area contributed by atoms with E-state index in [1.54, 1.807) is 0 Å². The number of nitrogens with zero attached hydrogens (tertiary/aromatic N) is 2. The zero-order valence-corrected chi connectivity index (χ0v) is 13.0. The Morgan fingerprint density at radius 3 is 2.86 bits per heavy atom. The van der Waals surface area contributed by atoms with Crippen molar-refractivity contribution in [3.05, 3.63) is 11.2 Å². The highest BCUT2D eigenvalue weighted by molar-refractivity contribution is 7.91. The molecule has 1 aliphatic heterocycles. The molecule has 3 fully saturated rings. The normalized spacial score (nSPS) is 32.7. The van der Waals surface area contributed by atoms with E-state index in [9.17, 15) is 18.3 Å². The summed E-state index contributed by atoms with van der Waals surface area (Å²) < 4.78 is 27.1. The van der Waals surface area contributed by atoms with Crippen LogP contribution in [0.4, 0.5) is 0 Å². The van der Waals surface area contributed by atoms with Crippen LogP contribution in [0.5, 0.6) is 0 Å². The van der Waals surface area contributed by atoms with Gasteiger partial charge in [-0.3, -0.25) is 4.79 Å². The summed E-state index contributed by atoms with van der Waals surface area (Å²) >= 11 is 1.20. The number of carboxylic acid groups (broad SMARTS) is 1. The summed E-state index contributed by atoms with van der Waals surface area (Å²) in [5.74, 6) is -0.639. The Morgan fingerprint density at radius 1 is 1.43 bits per heavy atom. The highest BCUT2D eigenvalue weighted by Crippen LogP contribution is 2.56. The number of rotatable bonds is 4. The lowest BCUT2D eigenvalue weighted by molar-refractivity contribution is -0.144. The first-order chi connectivity index (χ1) is 9.96. The molecule has 1 N–H and O–H groups in total. The zero-order chi connectivity index (χ0) is 14.8. The van der Waals surface area contributed by atoms with Crippen molar-refractivity contribution >= 4 is 27.3 Å². The number of carbonyl (C=O) groups is 1. The van der Waals surface area contributed by atoms with Gasteiger partial charge in [0.2, 0.25) is 0 Å². The molecule has 114 valence electrons. The van der Waals surface area contributed by atoms with E-state index in [1.165, 1.54) is 21.8 Å². The second-order valence-electron chi connectivity index (χ2n) is 6.14. The molecule has 2 atom stereocenters. The van der Waals surface area contributed by atoms with Crippen LogP contribution in [0, 0.1) is 5.92 Å². The number of sulfonamides is 1. The Kier molecular flexibility index (Phi) is 2.78. The summed E-state index contributed by atoms with van der Waals surface area (Å²) in [5.41, 5.74) is -1.19. The highest BCUT2D eigenvalue weighted by atomic mass is 32.2. The van der Waals surface area contributed by atoms with Crippen LogP contribution in [0.2, 0.25) is 0 Å². The van der Waals surface area contributed by atoms with E-state index in [1.807, 2.05) is 0 Å². The minimum Gasteiger partial charge on any atom is -0.480 e. The SMILES string of the molecule is O=C(O)[C@]12C[C@H]1CCCN2S(=O)(=O)c1cnc(C2CC2)s1. The lowest BCUT2D eigenvalue weighted by Gasteiger charge is -2.31. The first-order valence-corrected chi connectivity index (χ1v) is 9.44. The molecule has 0 aromatic carbocycles. The van der Waals surface area contributed by atoms with Gasteiger partial charge in [0.15, 0.2) is 4.21 Å². The minimum atomic E-state index is -3.75. The first-order valence-electron chi connectivity index (χ1n) is 7.18. The molecule has 0 amide bonds. The summed E-state index contributed by atoms with van der Waals surface area (Å²) in [7, 11) is -3.75. The highest BCUT2D eigenvalue weighted by Gasteiger charge is 2.68. The van der Waals surface area contributed by atoms with Crippen LogP contribution in [0.15, 0.2) is 10.4 Å². The summed E-state index contributed by atoms with van der Waals surface area (Å²) in [4.78, 5) is 15.8. The summed E-state index contributed by atoms with van der Waals surface area (Å²) in [6, 6.07) is 0. The number of carboxylic acids is 1. The molecule has 1 aromatic heterocycles. The number of hydrogen-bond donors (Lipinski definition) is 1. The molecule has 1 saturated heterocycles. The van der Waals surface area contributed by atoms with Crippen LogP contribution >= 0.6 is 11.3 Å². The zero-order valence-electron chi connectivity index (χ0n) is 11.4. The van der Waals surface area contributed by atoms with Gasteiger partial charge in [0.25, 0.3) is 10.0 Å². The lowest BCUT2D eigenvalue weighted by atomic mass is 10.1. The van der Waals surface area contributed by atoms with Gasteiger partial charge in [-0.1, -0.05) is 0 Å². The molecule has 2 saturated carbocycles. The molecule has 0 unspecified atom stereocenters. The van der Waals surface area contributed by atoms with E-state index >= 15 is 0 Å². The molecule has 6 nitrogen and oxygen atoms in total. The molecule has 3 aliphatic rings. The Balaban J connectivity index is 1.71. The van der Waals surface area contributed by atoms with Crippen LogP contribution < -0.4 is 0 Å². The van der Waals surface area contributed by atoms with Crippen molar-refractivity contribution in [1.29, 1.82) is 0 Å². The van der Waals surface area contributed by atoms with Gasteiger partial charge in [-0.2, -0.15) is 4.31 Å². The van der Waals surface area contributed by atoms with Crippen molar-refractivity contribution in [1.82, 2.24) is 9.29 Å². The third-order valence-corrected chi connectivity index (χ3v) is 8.31. The van der Waals surface area contributed by atoms with E-state index in [0.29, 0.717) is 18.9 Å². The van der Waals surface area contributed by atoms with Gasteiger partial charge in [-0.15, -0.1) is 11.3 Å². The smallest absolute Gasteiger partial charge is 0.325 e. The predicted octanol–water partition coefficient (Wildman–Crippen LogP) is 1.65. The third-order valence-electron chi connectivity index (χ3n) is 4.78. The first kappa shape index (κ1) is 13.7. The Bertz CT molecular complexity index is 710. The second kappa shape index (κ2) is 4.27. The molecule has 0 radical (unpaired) electrons. The summed E-state index contributed by atoms with van der Waals surface area (Å²) in [5, 5.41) is 10.4.